The third kappa shape index (κ3) is 5.72. The van der Waals surface area contributed by atoms with Crippen molar-refractivity contribution in [1.82, 2.24) is 10.2 Å². The van der Waals surface area contributed by atoms with Gasteiger partial charge in [0.1, 0.15) is 0 Å². The lowest BCUT2D eigenvalue weighted by Crippen LogP contribution is -2.48. The topological polar surface area (TPSA) is 60.0 Å². The molecule has 0 aliphatic carbocycles. The summed E-state index contributed by atoms with van der Waals surface area (Å²) in [5, 5.41) is 2.98. The fourth-order valence-corrected chi connectivity index (χ4v) is 3.60. The Morgan fingerprint density at radius 3 is 2.68 bits per heavy atom. The van der Waals surface area contributed by atoms with Crippen LogP contribution in [-0.4, -0.2) is 63.9 Å². The van der Waals surface area contributed by atoms with Crippen LogP contribution in [0.4, 0.5) is 0 Å². The first-order chi connectivity index (χ1) is 11.9. The van der Waals surface area contributed by atoms with E-state index in [0.717, 1.165) is 23.2 Å². The Morgan fingerprint density at radius 1 is 1.36 bits per heavy atom. The molecule has 0 bridgehead atoms. The Bertz CT molecular complexity index is 595. The minimum Gasteiger partial charge on any atom is -0.493 e. The Hall–Kier alpha value is -1.06. The number of nitrogens with zero attached hydrogens (tertiary/aromatic N) is 1. The van der Waals surface area contributed by atoms with Crippen molar-refractivity contribution in [3.05, 3.63) is 21.3 Å². The van der Waals surface area contributed by atoms with E-state index in [9.17, 15) is 4.79 Å². The van der Waals surface area contributed by atoms with Crippen molar-refractivity contribution < 1.29 is 19.0 Å². The van der Waals surface area contributed by atoms with Gasteiger partial charge in [-0.2, -0.15) is 0 Å². The number of morpholine rings is 1. The van der Waals surface area contributed by atoms with Gasteiger partial charge in [0.25, 0.3) is 5.91 Å². The van der Waals surface area contributed by atoms with Crippen LogP contribution in [0.1, 0.15) is 24.2 Å². The minimum absolute atomic E-state index is 0.0225. The molecule has 7 heteroatoms. The zero-order valence-electron chi connectivity index (χ0n) is 15.3. The summed E-state index contributed by atoms with van der Waals surface area (Å²) < 4.78 is 17.2. The molecule has 1 aromatic carbocycles. The fourth-order valence-electron chi connectivity index (χ4n) is 2.92. The highest BCUT2D eigenvalue weighted by atomic mass is 127. The summed E-state index contributed by atoms with van der Waals surface area (Å²) in [6, 6.07) is 3.51. The first kappa shape index (κ1) is 20.3. The van der Waals surface area contributed by atoms with E-state index in [1.54, 1.807) is 26.4 Å². The van der Waals surface area contributed by atoms with Crippen molar-refractivity contribution in [2.75, 3.05) is 47.0 Å². The van der Waals surface area contributed by atoms with E-state index in [-0.39, 0.29) is 12.0 Å². The van der Waals surface area contributed by atoms with Gasteiger partial charge >= 0.3 is 0 Å². The van der Waals surface area contributed by atoms with Crippen LogP contribution in [0.15, 0.2) is 12.1 Å². The summed E-state index contributed by atoms with van der Waals surface area (Å²) in [5.74, 6) is 1.66. The Morgan fingerprint density at radius 2 is 2.04 bits per heavy atom. The molecule has 1 fully saturated rings. The highest BCUT2D eigenvalue weighted by molar-refractivity contribution is 14.1. The number of rotatable bonds is 7. The molecule has 1 unspecified atom stereocenters. The van der Waals surface area contributed by atoms with E-state index in [2.05, 4.69) is 46.7 Å². The van der Waals surface area contributed by atoms with Gasteiger partial charge in [0.2, 0.25) is 0 Å². The number of hydrogen-bond donors (Lipinski definition) is 1. The lowest BCUT2D eigenvalue weighted by atomic mass is 10.1. The highest BCUT2D eigenvalue weighted by Crippen LogP contribution is 2.31. The van der Waals surface area contributed by atoms with Crippen LogP contribution >= 0.6 is 22.6 Å². The van der Waals surface area contributed by atoms with Gasteiger partial charge in [-0.1, -0.05) is 13.8 Å². The van der Waals surface area contributed by atoms with Crippen molar-refractivity contribution >= 4 is 28.5 Å². The summed E-state index contributed by atoms with van der Waals surface area (Å²) in [4.78, 5) is 14.9. The molecule has 1 saturated heterocycles. The van der Waals surface area contributed by atoms with Gasteiger partial charge < -0.3 is 19.5 Å². The second kappa shape index (κ2) is 9.59. The summed E-state index contributed by atoms with van der Waals surface area (Å²) in [6.07, 6.45) is 0.0225. The maximum atomic E-state index is 12.6. The zero-order chi connectivity index (χ0) is 18.4. The zero-order valence-corrected chi connectivity index (χ0v) is 17.5. The van der Waals surface area contributed by atoms with Gasteiger partial charge in [0.15, 0.2) is 11.5 Å². The van der Waals surface area contributed by atoms with Crippen LogP contribution < -0.4 is 14.8 Å². The number of amides is 1. The second-order valence-corrected chi connectivity index (χ2v) is 7.71. The summed E-state index contributed by atoms with van der Waals surface area (Å²) in [7, 11) is 3.14. The van der Waals surface area contributed by atoms with Gasteiger partial charge in [-0.15, -0.1) is 0 Å². The minimum atomic E-state index is -0.130. The number of carbonyl (C=O) groups excluding carboxylic acids is 1. The van der Waals surface area contributed by atoms with Gasteiger partial charge in [-0.25, -0.2) is 0 Å². The Balaban J connectivity index is 1.96. The van der Waals surface area contributed by atoms with Crippen LogP contribution in [-0.2, 0) is 4.74 Å². The smallest absolute Gasteiger partial charge is 0.252 e. The van der Waals surface area contributed by atoms with E-state index in [1.165, 1.54) is 0 Å². The van der Waals surface area contributed by atoms with E-state index in [1.807, 2.05) is 0 Å². The number of carbonyl (C=O) groups is 1. The van der Waals surface area contributed by atoms with E-state index < -0.39 is 0 Å². The first-order valence-corrected chi connectivity index (χ1v) is 9.56. The van der Waals surface area contributed by atoms with E-state index in [0.29, 0.717) is 36.1 Å². The molecule has 0 radical (unpaired) electrons. The molecule has 25 heavy (non-hydrogen) atoms. The van der Waals surface area contributed by atoms with Gasteiger partial charge in [-0.3, -0.25) is 9.69 Å². The lowest BCUT2D eigenvalue weighted by Gasteiger charge is -2.34. The summed E-state index contributed by atoms with van der Waals surface area (Å²) >= 11 is 2.13. The van der Waals surface area contributed by atoms with Crippen LogP contribution in [0.2, 0.25) is 0 Å². The molecular formula is C18H27IN2O4. The molecule has 1 atom stereocenters. The van der Waals surface area contributed by atoms with Crippen molar-refractivity contribution in [1.29, 1.82) is 0 Å². The van der Waals surface area contributed by atoms with Gasteiger partial charge in [-0.05, 0) is 40.6 Å². The predicted molar refractivity (Wildman–Crippen MR) is 106 cm³/mol. The summed E-state index contributed by atoms with van der Waals surface area (Å²) in [6.45, 7) is 8.49. The molecule has 1 heterocycles. The average Bonchev–Trinajstić information content (AvgIpc) is 2.59. The SMILES string of the molecule is COc1cc(I)c(C(=O)NCC2CN(CC(C)C)CCO2)cc1OC. The summed E-state index contributed by atoms with van der Waals surface area (Å²) in [5.41, 5.74) is 0.577. The van der Waals surface area contributed by atoms with Gasteiger partial charge in [0, 0.05) is 29.7 Å². The standard InChI is InChI=1S/C18H27IN2O4/c1-12(2)10-21-5-6-25-13(11-21)9-20-18(22)14-7-16(23-3)17(24-4)8-15(14)19/h7-8,12-13H,5-6,9-11H2,1-4H3,(H,20,22). The van der Waals surface area contributed by atoms with Gasteiger partial charge in [0.05, 0.1) is 32.5 Å². The molecule has 140 valence electrons. The first-order valence-electron chi connectivity index (χ1n) is 8.48. The Kier molecular flexibility index (Phi) is 7.77. The molecule has 1 aliphatic rings. The normalized spacial score (nSPS) is 18.2. The van der Waals surface area contributed by atoms with Crippen molar-refractivity contribution in [2.24, 2.45) is 5.92 Å². The molecular weight excluding hydrogens is 435 g/mol. The quantitative estimate of drug-likeness (QED) is 0.631. The molecule has 0 saturated carbocycles. The van der Waals surface area contributed by atoms with Crippen molar-refractivity contribution in [2.45, 2.75) is 20.0 Å². The van der Waals surface area contributed by atoms with E-state index >= 15 is 0 Å². The maximum absolute atomic E-state index is 12.6. The molecule has 2 rings (SSSR count). The van der Waals surface area contributed by atoms with Crippen LogP contribution in [0, 0.1) is 9.49 Å². The van der Waals surface area contributed by atoms with Crippen LogP contribution in [0.3, 0.4) is 0 Å². The molecule has 6 nitrogen and oxygen atoms in total. The lowest BCUT2D eigenvalue weighted by molar-refractivity contribution is -0.0295. The average molecular weight is 462 g/mol. The molecule has 1 aromatic rings. The number of methoxy groups -OCH3 is 2. The number of ether oxygens (including phenoxy) is 3. The fraction of sp³-hybridized carbons (Fsp3) is 0.611. The van der Waals surface area contributed by atoms with Crippen LogP contribution in [0.5, 0.6) is 11.5 Å². The van der Waals surface area contributed by atoms with Crippen molar-refractivity contribution in [3.63, 3.8) is 0 Å². The number of nitrogens with one attached hydrogen (secondary N) is 1. The molecule has 1 aliphatic heterocycles. The largest absolute Gasteiger partial charge is 0.493 e. The number of benzene rings is 1. The predicted octanol–water partition coefficient (Wildman–Crippen LogP) is 2.40. The molecule has 1 amide bonds. The number of hydrogen-bond acceptors (Lipinski definition) is 5. The maximum Gasteiger partial charge on any atom is 0.252 e. The van der Waals surface area contributed by atoms with E-state index in [4.69, 9.17) is 14.2 Å². The molecule has 1 N–H and O–H groups in total. The van der Waals surface area contributed by atoms with Crippen LogP contribution in [0.25, 0.3) is 0 Å². The third-order valence-corrected chi connectivity index (χ3v) is 4.95. The molecule has 0 aromatic heterocycles. The highest BCUT2D eigenvalue weighted by Gasteiger charge is 2.22. The number of halogens is 1. The Labute approximate surface area is 163 Å². The second-order valence-electron chi connectivity index (χ2n) is 6.54. The van der Waals surface area contributed by atoms with Crippen molar-refractivity contribution in [3.8, 4) is 11.5 Å². The molecule has 0 spiro atoms. The monoisotopic (exact) mass is 462 g/mol. The third-order valence-electron chi connectivity index (χ3n) is 4.05.